The fraction of sp³-hybridized carbons (Fsp3) is 0.720. The molecule has 0 bridgehead atoms. The van der Waals surface area contributed by atoms with Gasteiger partial charge in [0.1, 0.15) is 5.60 Å². The molecule has 1 aromatic rings. The van der Waals surface area contributed by atoms with Crippen molar-refractivity contribution in [3.8, 4) is 0 Å². The lowest BCUT2D eigenvalue weighted by Crippen LogP contribution is -2.61. The maximum absolute atomic E-state index is 12.5. The molecule has 2 aliphatic heterocycles. The van der Waals surface area contributed by atoms with E-state index in [2.05, 4.69) is 30.9 Å². The first kappa shape index (κ1) is 25.3. The van der Waals surface area contributed by atoms with Crippen LogP contribution < -0.4 is 0 Å². The van der Waals surface area contributed by atoms with E-state index < -0.39 is 5.60 Å². The molecule has 32 heavy (non-hydrogen) atoms. The summed E-state index contributed by atoms with van der Waals surface area (Å²) in [6.07, 6.45) is 2.54. The molecule has 2 fully saturated rings. The number of amides is 1. The molecule has 0 aromatic heterocycles. The first-order chi connectivity index (χ1) is 15.0. The molecule has 180 valence electrons. The molecule has 1 aromatic carbocycles. The molecule has 2 saturated heterocycles. The number of morpholine rings is 1. The molecule has 1 amide bonds. The van der Waals surface area contributed by atoms with Crippen LogP contribution in [-0.2, 0) is 20.6 Å². The molecule has 2 heterocycles. The third-order valence-corrected chi connectivity index (χ3v) is 6.86. The van der Waals surface area contributed by atoms with Crippen molar-refractivity contribution in [3.05, 3.63) is 34.9 Å². The second-order valence-corrected chi connectivity index (χ2v) is 10.9. The highest BCUT2D eigenvalue weighted by Crippen LogP contribution is 2.30. The van der Waals surface area contributed by atoms with E-state index in [1.165, 1.54) is 5.56 Å². The summed E-state index contributed by atoms with van der Waals surface area (Å²) in [5, 5.41) is 0.752. The molecule has 0 radical (unpaired) electrons. The summed E-state index contributed by atoms with van der Waals surface area (Å²) in [7, 11) is 1.74. The average molecular weight is 467 g/mol. The Labute approximate surface area is 198 Å². The van der Waals surface area contributed by atoms with Gasteiger partial charge in [0.15, 0.2) is 0 Å². The Bertz CT molecular complexity index is 754. The maximum atomic E-state index is 12.5. The summed E-state index contributed by atoms with van der Waals surface area (Å²) in [5.41, 5.74) is 0.422. The number of hydrogen-bond donors (Lipinski definition) is 0. The number of methoxy groups -OCH3 is 1. The zero-order valence-corrected chi connectivity index (χ0v) is 21.2. The molecule has 3 rings (SSSR count). The first-order valence-electron chi connectivity index (χ1n) is 11.6. The predicted octanol–water partition coefficient (Wildman–Crippen LogP) is 4.78. The minimum Gasteiger partial charge on any atom is -0.444 e. The highest BCUT2D eigenvalue weighted by molar-refractivity contribution is 6.30. The molecule has 7 heteroatoms. The van der Waals surface area contributed by atoms with Gasteiger partial charge in [-0.3, -0.25) is 4.90 Å². The van der Waals surface area contributed by atoms with Gasteiger partial charge in [-0.15, -0.1) is 0 Å². The third kappa shape index (κ3) is 6.60. The van der Waals surface area contributed by atoms with Crippen LogP contribution >= 0.6 is 11.6 Å². The lowest BCUT2D eigenvalue weighted by Gasteiger charge is -2.49. The monoisotopic (exact) mass is 466 g/mol. The van der Waals surface area contributed by atoms with Gasteiger partial charge < -0.3 is 19.1 Å². The summed E-state index contributed by atoms with van der Waals surface area (Å²) in [5.74, 6) is 0. The van der Waals surface area contributed by atoms with Gasteiger partial charge in [0.2, 0.25) is 0 Å². The van der Waals surface area contributed by atoms with Crippen molar-refractivity contribution in [3.63, 3.8) is 0 Å². The summed E-state index contributed by atoms with van der Waals surface area (Å²) in [4.78, 5) is 16.9. The van der Waals surface area contributed by atoms with Crippen molar-refractivity contribution in [2.24, 2.45) is 0 Å². The van der Waals surface area contributed by atoms with Gasteiger partial charge in [0.25, 0.3) is 0 Å². The van der Waals surface area contributed by atoms with Crippen LogP contribution in [0.4, 0.5) is 4.79 Å². The minimum absolute atomic E-state index is 0.00199. The SMILES string of the molecule is COC(C)(C)[C@H]1CN(C2CCN(C(=O)OC(C)(C)C)CC2)C(Cc2ccc(Cl)cc2)CO1. The number of ether oxygens (including phenoxy) is 3. The Morgan fingerprint density at radius 3 is 2.31 bits per heavy atom. The van der Waals surface area contributed by atoms with Gasteiger partial charge in [0.05, 0.1) is 18.3 Å². The van der Waals surface area contributed by atoms with Gasteiger partial charge in [-0.2, -0.15) is 0 Å². The molecule has 2 atom stereocenters. The number of piperidine rings is 1. The average Bonchev–Trinajstić information content (AvgIpc) is 2.74. The number of halogens is 1. The standard InChI is InChI=1S/C25H39ClN2O4/c1-24(2,3)32-23(29)27-13-11-20(12-14-27)28-16-22(25(4,5)30-6)31-17-21(28)15-18-7-9-19(26)10-8-18/h7-10,20-22H,11-17H2,1-6H3/t21?,22-/m1/s1. The van der Waals surface area contributed by atoms with Crippen LogP contribution in [0.2, 0.25) is 5.02 Å². The van der Waals surface area contributed by atoms with E-state index in [1.807, 2.05) is 37.8 Å². The predicted molar refractivity (Wildman–Crippen MR) is 127 cm³/mol. The lowest BCUT2D eigenvalue weighted by molar-refractivity contribution is -0.166. The van der Waals surface area contributed by atoms with Crippen LogP contribution in [0.25, 0.3) is 0 Å². The van der Waals surface area contributed by atoms with Crippen LogP contribution in [0.3, 0.4) is 0 Å². The Kier molecular flexibility index (Phi) is 8.13. The number of likely N-dealkylation sites (tertiary alicyclic amines) is 1. The number of benzene rings is 1. The van der Waals surface area contributed by atoms with E-state index in [0.717, 1.165) is 30.8 Å². The van der Waals surface area contributed by atoms with Gasteiger partial charge >= 0.3 is 6.09 Å². The van der Waals surface area contributed by atoms with E-state index >= 15 is 0 Å². The molecule has 0 N–H and O–H groups in total. The number of carbonyl (C=O) groups excluding carboxylic acids is 1. The molecular weight excluding hydrogens is 428 g/mol. The summed E-state index contributed by atoms with van der Waals surface area (Å²) >= 11 is 6.08. The van der Waals surface area contributed by atoms with Crippen molar-refractivity contribution >= 4 is 17.7 Å². The summed E-state index contributed by atoms with van der Waals surface area (Å²) in [6, 6.07) is 8.75. The maximum Gasteiger partial charge on any atom is 0.410 e. The number of nitrogens with zero attached hydrogens (tertiary/aromatic N) is 2. The van der Waals surface area contributed by atoms with Crippen LogP contribution in [0.5, 0.6) is 0 Å². The highest BCUT2D eigenvalue weighted by atomic mass is 35.5. The molecule has 1 unspecified atom stereocenters. The van der Waals surface area contributed by atoms with Gasteiger partial charge in [-0.1, -0.05) is 23.7 Å². The molecule has 2 aliphatic rings. The van der Waals surface area contributed by atoms with Gasteiger partial charge in [-0.05, 0) is 71.6 Å². The van der Waals surface area contributed by atoms with Gasteiger partial charge in [0, 0.05) is 43.9 Å². The summed E-state index contributed by atoms with van der Waals surface area (Å²) < 4.78 is 17.6. The molecular formula is C25H39ClN2O4. The number of hydrogen-bond acceptors (Lipinski definition) is 5. The van der Waals surface area contributed by atoms with Crippen molar-refractivity contribution in [2.75, 3.05) is 33.4 Å². The van der Waals surface area contributed by atoms with E-state index in [4.69, 9.17) is 25.8 Å². The number of rotatable bonds is 5. The van der Waals surface area contributed by atoms with E-state index in [0.29, 0.717) is 25.7 Å². The fourth-order valence-corrected chi connectivity index (χ4v) is 4.62. The normalized spacial score (nSPS) is 23.9. The van der Waals surface area contributed by atoms with Crippen LogP contribution in [0.15, 0.2) is 24.3 Å². The summed E-state index contributed by atoms with van der Waals surface area (Å²) in [6.45, 7) is 12.8. The van der Waals surface area contributed by atoms with Crippen molar-refractivity contribution in [1.29, 1.82) is 0 Å². The topological polar surface area (TPSA) is 51.2 Å². The molecule has 0 saturated carbocycles. The van der Waals surface area contributed by atoms with Gasteiger partial charge in [-0.25, -0.2) is 4.79 Å². The van der Waals surface area contributed by atoms with Crippen molar-refractivity contribution in [1.82, 2.24) is 9.80 Å². The van der Waals surface area contributed by atoms with E-state index in [9.17, 15) is 4.79 Å². The quantitative estimate of drug-likeness (QED) is 0.625. The minimum atomic E-state index is -0.471. The largest absolute Gasteiger partial charge is 0.444 e. The fourth-order valence-electron chi connectivity index (χ4n) is 4.49. The van der Waals surface area contributed by atoms with Crippen molar-refractivity contribution in [2.45, 2.75) is 83.3 Å². The Balaban J connectivity index is 1.69. The molecule has 0 spiro atoms. The second kappa shape index (κ2) is 10.3. The highest BCUT2D eigenvalue weighted by Gasteiger charge is 2.41. The Morgan fingerprint density at radius 1 is 1.12 bits per heavy atom. The first-order valence-corrected chi connectivity index (χ1v) is 12.0. The molecule has 6 nitrogen and oxygen atoms in total. The number of carbonyl (C=O) groups is 1. The zero-order valence-electron chi connectivity index (χ0n) is 20.4. The Morgan fingerprint density at radius 2 is 1.75 bits per heavy atom. The van der Waals surface area contributed by atoms with Crippen LogP contribution in [0, 0.1) is 0 Å². The molecule has 0 aliphatic carbocycles. The zero-order chi connectivity index (χ0) is 23.5. The van der Waals surface area contributed by atoms with E-state index in [1.54, 1.807) is 7.11 Å². The smallest absolute Gasteiger partial charge is 0.410 e. The third-order valence-electron chi connectivity index (χ3n) is 6.61. The Hall–Kier alpha value is -1.34. The van der Waals surface area contributed by atoms with Crippen molar-refractivity contribution < 1.29 is 19.0 Å². The van der Waals surface area contributed by atoms with Crippen LogP contribution in [0.1, 0.15) is 53.0 Å². The lowest BCUT2D eigenvalue weighted by atomic mass is 9.92. The second-order valence-electron chi connectivity index (χ2n) is 10.5. The van der Waals surface area contributed by atoms with E-state index in [-0.39, 0.29) is 23.8 Å². The van der Waals surface area contributed by atoms with Crippen LogP contribution in [-0.4, -0.2) is 78.6 Å².